The molecule has 1 atom stereocenters. The SMILES string of the molecule is CCCC(=O)NCC(CC(=O)CC(=O)CC)C(=O)NCC. The fraction of sp³-hybridized carbons (Fsp3) is 0.733. The van der Waals surface area contributed by atoms with Crippen molar-refractivity contribution >= 4 is 23.4 Å². The first-order chi connectivity index (χ1) is 9.94. The number of carbonyl (C=O) groups is 4. The largest absolute Gasteiger partial charge is 0.356 e. The highest BCUT2D eigenvalue weighted by atomic mass is 16.2. The summed E-state index contributed by atoms with van der Waals surface area (Å²) < 4.78 is 0. The Morgan fingerprint density at radius 3 is 2.14 bits per heavy atom. The fourth-order valence-electron chi connectivity index (χ4n) is 1.82. The highest BCUT2D eigenvalue weighted by Gasteiger charge is 2.22. The van der Waals surface area contributed by atoms with Gasteiger partial charge in [0, 0.05) is 32.4 Å². The molecule has 0 spiro atoms. The van der Waals surface area contributed by atoms with Crippen LogP contribution in [-0.2, 0) is 19.2 Å². The fourth-order valence-corrected chi connectivity index (χ4v) is 1.82. The van der Waals surface area contributed by atoms with Gasteiger partial charge in [-0.3, -0.25) is 19.2 Å². The van der Waals surface area contributed by atoms with E-state index in [4.69, 9.17) is 0 Å². The van der Waals surface area contributed by atoms with Crippen molar-refractivity contribution in [3.8, 4) is 0 Å². The zero-order valence-electron chi connectivity index (χ0n) is 13.2. The summed E-state index contributed by atoms with van der Waals surface area (Å²) in [5, 5.41) is 5.31. The lowest BCUT2D eigenvalue weighted by atomic mass is 9.98. The van der Waals surface area contributed by atoms with Crippen molar-refractivity contribution < 1.29 is 19.2 Å². The second kappa shape index (κ2) is 11.0. The first-order valence-electron chi connectivity index (χ1n) is 7.52. The summed E-state index contributed by atoms with van der Waals surface area (Å²) in [6.45, 7) is 5.95. The Labute approximate surface area is 126 Å². The van der Waals surface area contributed by atoms with E-state index < -0.39 is 5.92 Å². The molecule has 2 N–H and O–H groups in total. The second-order valence-electron chi connectivity index (χ2n) is 4.96. The Balaban J connectivity index is 4.52. The van der Waals surface area contributed by atoms with Gasteiger partial charge in [0.25, 0.3) is 0 Å². The summed E-state index contributed by atoms with van der Waals surface area (Å²) in [5.74, 6) is -1.43. The zero-order valence-corrected chi connectivity index (χ0v) is 13.2. The smallest absolute Gasteiger partial charge is 0.225 e. The summed E-state index contributed by atoms with van der Waals surface area (Å²) in [5.41, 5.74) is 0. The Morgan fingerprint density at radius 1 is 0.952 bits per heavy atom. The van der Waals surface area contributed by atoms with Crippen LogP contribution in [0.5, 0.6) is 0 Å². The molecule has 1 unspecified atom stereocenters. The average molecular weight is 298 g/mol. The number of nitrogens with one attached hydrogen (secondary N) is 2. The second-order valence-corrected chi connectivity index (χ2v) is 4.96. The molecule has 0 aliphatic heterocycles. The van der Waals surface area contributed by atoms with Crippen LogP contribution >= 0.6 is 0 Å². The molecule has 0 fully saturated rings. The first kappa shape index (κ1) is 19.3. The van der Waals surface area contributed by atoms with Gasteiger partial charge in [-0.05, 0) is 13.3 Å². The van der Waals surface area contributed by atoms with Gasteiger partial charge in [-0.15, -0.1) is 0 Å². The molecule has 0 heterocycles. The van der Waals surface area contributed by atoms with Crippen molar-refractivity contribution in [3.05, 3.63) is 0 Å². The van der Waals surface area contributed by atoms with Gasteiger partial charge in [0.05, 0.1) is 12.3 Å². The third-order valence-electron chi connectivity index (χ3n) is 3.01. The molecule has 2 amide bonds. The van der Waals surface area contributed by atoms with Gasteiger partial charge in [0.1, 0.15) is 11.6 Å². The van der Waals surface area contributed by atoms with Crippen LogP contribution in [0.3, 0.4) is 0 Å². The van der Waals surface area contributed by atoms with E-state index in [0.717, 1.165) is 6.42 Å². The molecule has 0 aliphatic carbocycles. The van der Waals surface area contributed by atoms with Crippen LogP contribution in [0.1, 0.15) is 52.9 Å². The molecule has 0 bridgehead atoms. The molecule has 0 aromatic heterocycles. The topological polar surface area (TPSA) is 92.3 Å². The molecule has 6 heteroatoms. The number of ketones is 2. The van der Waals surface area contributed by atoms with Gasteiger partial charge < -0.3 is 10.6 Å². The summed E-state index contributed by atoms with van der Waals surface area (Å²) in [6, 6.07) is 0. The monoisotopic (exact) mass is 298 g/mol. The van der Waals surface area contributed by atoms with Crippen LogP contribution in [0.4, 0.5) is 0 Å². The Kier molecular flexibility index (Phi) is 10.1. The van der Waals surface area contributed by atoms with Gasteiger partial charge in [0.2, 0.25) is 11.8 Å². The van der Waals surface area contributed by atoms with Crippen LogP contribution in [0, 0.1) is 5.92 Å². The molecule has 0 radical (unpaired) electrons. The highest BCUT2D eigenvalue weighted by molar-refractivity contribution is 6.00. The van der Waals surface area contributed by atoms with E-state index in [9.17, 15) is 19.2 Å². The van der Waals surface area contributed by atoms with Crippen LogP contribution in [0.2, 0.25) is 0 Å². The van der Waals surface area contributed by atoms with Gasteiger partial charge >= 0.3 is 0 Å². The maximum atomic E-state index is 11.9. The molecule has 0 aromatic rings. The maximum Gasteiger partial charge on any atom is 0.225 e. The Bertz CT molecular complexity index is 380. The zero-order chi connectivity index (χ0) is 16.3. The third kappa shape index (κ3) is 8.94. The molecular weight excluding hydrogens is 272 g/mol. The number of hydrogen-bond donors (Lipinski definition) is 2. The van der Waals surface area contributed by atoms with Crippen molar-refractivity contribution in [2.45, 2.75) is 52.9 Å². The van der Waals surface area contributed by atoms with Crippen molar-refractivity contribution in [3.63, 3.8) is 0 Å². The Morgan fingerprint density at radius 2 is 1.62 bits per heavy atom. The van der Waals surface area contributed by atoms with Gasteiger partial charge in [-0.25, -0.2) is 0 Å². The van der Waals surface area contributed by atoms with E-state index >= 15 is 0 Å². The standard InChI is InChI=1S/C15H26N2O4/c1-4-7-14(20)17-10-11(15(21)16-6-3)8-13(19)9-12(18)5-2/h11H,4-10H2,1-3H3,(H,16,21)(H,17,20). The van der Waals surface area contributed by atoms with Crippen molar-refractivity contribution in [2.24, 2.45) is 5.92 Å². The molecule has 0 saturated carbocycles. The molecule has 21 heavy (non-hydrogen) atoms. The summed E-state index contributed by atoms with van der Waals surface area (Å²) in [6.07, 6.45) is 1.26. The van der Waals surface area contributed by atoms with Crippen molar-refractivity contribution in [2.75, 3.05) is 13.1 Å². The maximum absolute atomic E-state index is 11.9. The van der Waals surface area contributed by atoms with Crippen LogP contribution in [0.15, 0.2) is 0 Å². The van der Waals surface area contributed by atoms with Crippen molar-refractivity contribution in [1.29, 1.82) is 0 Å². The summed E-state index contributed by atoms with van der Waals surface area (Å²) >= 11 is 0. The number of amides is 2. The van der Waals surface area contributed by atoms with E-state index in [-0.39, 0.29) is 42.8 Å². The van der Waals surface area contributed by atoms with Gasteiger partial charge in [-0.1, -0.05) is 13.8 Å². The lowest BCUT2D eigenvalue weighted by Gasteiger charge is -2.16. The number of carbonyl (C=O) groups excluding carboxylic acids is 4. The number of Topliss-reactive ketones (excluding diaryl/α,β-unsaturated/α-hetero) is 2. The number of hydrogen-bond acceptors (Lipinski definition) is 4. The normalized spacial score (nSPS) is 11.6. The predicted molar refractivity (Wildman–Crippen MR) is 79.6 cm³/mol. The minimum atomic E-state index is -0.622. The van der Waals surface area contributed by atoms with E-state index in [1.165, 1.54) is 0 Å². The van der Waals surface area contributed by atoms with Crippen LogP contribution < -0.4 is 10.6 Å². The van der Waals surface area contributed by atoms with Crippen LogP contribution in [-0.4, -0.2) is 36.5 Å². The lowest BCUT2D eigenvalue weighted by molar-refractivity contribution is -0.132. The van der Waals surface area contributed by atoms with Crippen LogP contribution in [0.25, 0.3) is 0 Å². The molecular formula is C15H26N2O4. The minimum Gasteiger partial charge on any atom is -0.356 e. The molecule has 0 saturated heterocycles. The van der Waals surface area contributed by atoms with E-state index in [1.54, 1.807) is 13.8 Å². The molecule has 0 aliphatic rings. The first-order valence-corrected chi connectivity index (χ1v) is 7.52. The average Bonchev–Trinajstić information content (AvgIpc) is 2.43. The molecule has 0 rings (SSSR count). The lowest BCUT2D eigenvalue weighted by Crippen LogP contribution is -2.40. The summed E-state index contributed by atoms with van der Waals surface area (Å²) in [7, 11) is 0. The van der Waals surface area contributed by atoms with E-state index in [1.807, 2.05) is 6.92 Å². The third-order valence-corrected chi connectivity index (χ3v) is 3.01. The summed E-state index contributed by atoms with van der Waals surface area (Å²) in [4.78, 5) is 46.4. The molecule has 0 aromatic carbocycles. The van der Waals surface area contributed by atoms with E-state index in [0.29, 0.717) is 19.4 Å². The van der Waals surface area contributed by atoms with Gasteiger partial charge in [-0.2, -0.15) is 0 Å². The quantitative estimate of drug-likeness (QED) is 0.556. The van der Waals surface area contributed by atoms with Crippen molar-refractivity contribution in [1.82, 2.24) is 10.6 Å². The van der Waals surface area contributed by atoms with E-state index in [2.05, 4.69) is 10.6 Å². The van der Waals surface area contributed by atoms with Gasteiger partial charge in [0.15, 0.2) is 0 Å². The highest BCUT2D eigenvalue weighted by Crippen LogP contribution is 2.07. The predicted octanol–water partition coefficient (Wildman–Crippen LogP) is 0.983. The molecule has 120 valence electrons. The minimum absolute atomic E-state index is 0.0238. The molecule has 6 nitrogen and oxygen atoms in total. The number of rotatable bonds is 11. The Hall–Kier alpha value is -1.72.